The van der Waals surface area contributed by atoms with E-state index in [0.717, 1.165) is 16.7 Å². The van der Waals surface area contributed by atoms with Crippen molar-refractivity contribution in [2.75, 3.05) is 0 Å². The maximum Gasteiger partial charge on any atom is 0.291 e. The van der Waals surface area contributed by atoms with Gasteiger partial charge < -0.3 is 14.9 Å². The van der Waals surface area contributed by atoms with Crippen LogP contribution < -0.4 is 0 Å². The van der Waals surface area contributed by atoms with Crippen LogP contribution in [0.15, 0.2) is 55.1 Å². The Bertz CT molecular complexity index is 979. The minimum atomic E-state index is -1.50. The van der Waals surface area contributed by atoms with E-state index < -0.39 is 10.7 Å². The predicted molar refractivity (Wildman–Crippen MR) is 111 cm³/mol. The van der Waals surface area contributed by atoms with E-state index in [-0.39, 0.29) is 0 Å². The summed E-state index contributed by atoms with van der Waals surface area (Å²) in [4.78, 5) is 12.4. The Kier molecular flexibility index (Phi) is 7.87. The third-order valence-electron chi connectivity index (χ3n) is 4.19. The molecule has 0 saturated carbocycles. The van der Waals surface area contributed by atoms with E-state index in [1.54, 1.807) is 30.7 Å². The summed E-state index contributed by atoms with van der Waals surface area (Å²) in [6.45, 7) is 2.28. The summed E-state index contributed by atoms with van der Waals surface area (Å²) in [6, 6.07) is 10.8. The summed E-state index contributed by atoms with van der Waals surface area (Å²) in [5.41, 5.74) is 1.37. The van der Waals surface area contributed by atoms with Gasteiger partial charge in [-0.1, -0.05) is 46.9 Å². The highest BCUT2D eigenvalue weighted by Crippen LogP contribution is 2.34. The van der Waals surface area contributed by atoms with E-state index in [0.29, 0.717) is 28.0 Å². The molecule has 0 spiro atoms. The van der Waals surface area contributed by atoms with Crippen LogP contribution in [-0.4, -0.2) is 25.0 Å². The Morgan fingerprint density at radius 1 is 1.17 bits per heavy atom. The number of benzene rings is 2. The van der Waals surface area contributed by atoms with Gasteiger partial charge >= 0.3 is 0 Å². The molecule has 0 saturated heterocycles. The number of imidazole rings is 1. The molecule has 1 unspecified atom stereocenters. The summed E-state index contributed by atoms with van der Waals surface area (Å²) in [7, 11) is 0. The van der Waals surface area contributed by atoms with Gasteiger partial charge in [0, 0.05) is 33.9 Å². The molecule has 0 radical (unpaired) electrons. The van der Waals surface area contributed by atoms with Crippen molar-refractivity contribution in [1.29, 1.82) is 0 Å². The minimum Gasteiger partial charge on any atom is -0.383 e. The highest BCUT2D eigenvalue weighted by atomic mass is 35.5. The van der Waals surface area contributed by atoms with Gasteiger partial charge in [-0.3, -0.25) is 0 Å². The second-order valence-corrected chi connectivity index (χ2v) is 7.66. The van der Waals surface area contributed by atoms with Gasteiger partial charge in [-0.2, -0.15) is 0 Å². The number of rotatable bonds is 5. The van der Waals surface area contributed by atoms with Gasteiger partial charge in [0.1, 0.15) is 5.60 Å². The normalized spacial score (nSPS) is 12.6. The second-order valence-electron chi connectivity index (χ2n) is 6.38. The van der Waals surface area contributed by atoms with E-state index >= 15 is 0 Å². The Morgan fingerprint density at radius 3 is 2.34 bits per heavy atom. The summed E-state index contributed by atoms with van der Waals surface area (Å²) >= 11 is 18.4. The van der Waals surface area contributed by atoms with Crippen LogP contribution in [-0.2, 0) is 18.6 Å². The zero-order chi connectivity index (χ0) is 21.6. The van der Waals surface area contributed by atoms with Gasteiger partial charge in [-0.25, -0.2) is 4.98 Å². The van der Waals surface area contributed by atoms with Crippen molar-refractivity contribution in [3.8, 4) is 0 Å². The maximum atomic E-state index is 11.6. The first kappa shape index (κ1) is 23.0. The van der Waals surface area contributed by atoms with Gasteiger partial charge in [0.2, 0.25) is 0 Å². The highest BCUT2D eigenvalue weighted by molar-refractivity contribution is 6.35. The van der Waals surface area contributed by atoms with Crippen molar-refractivity contribution in [2.24, 2.45) is 0 Å². The van der Waals surface area contributed by atoms with Gasteiger partial charge in [0.15, 0.2) is 0 Å². The molecule has 0 aliphatic carbocycles. The lowest BCUT2D eigenvalue weighted by Gasteiger charge is -2.31. The Balaban J connectivity index is 0.000000687. The molecule has 2 aromatic carbocycles. The zero-order valence-corrected chi connectivity index (χ0v) is 17.6. The van der Waals surface area contributed by atoms with Crippen LogP contribution in [0.5, 0.6) is 0 Å². The maximum absolute atomic E-state index is 11.6. The molecule has 0 bridgehead atoms. The van der Waals surface area contributed by atoms with Crippen molar-refractivity contribution < 1.29 is 15.4 Å². The fourth-order valence-electron chi connectivity index (χ4n) is 3.05. The molecule has 1 aromatic heterocycles. The van der Waals surface area contributed by atoms with Crippen molar-refractivity contribution in [1.82, 2.24) is 9.55 Å². The van der Waals surface area contributed by atoms with Crippen LogP contribution in [0.25, 0.3) is 0 Å². The molecular weight excluding hydrogens is 441 g/mol. The Hall–Kier alpha value is -2.32. The lowest BCUT2D eigenvalue weighted by atomic mass is 9.84. The molecule has 29 heavy (non-hydrogen) atoms. The van der Waals surface area contributed by atoms with Crippen LogP contribution in [0.4, 0.5) is 0 Å². The standard InChI is InChI=1S/C19H17Cl3N2O.HNO3/c1-13-8-15(20)4-5-17(13)19(25,11-24-7-6-23-12-24)10-14-2-3-16(21)9-18(14)22;2-1(3)4/h2-9,12,25H,10-11H2,1H3;(H,2,3,4). The lowest BCUT2D eigenvalue weighted by molar-refractivity contribution is -0.742. The van der Waals surface area contributed by atoms with E-state index in [1.165, 1.54) is 0 Å². The van der Waals surface area contributed by atoms with Crippen molar-refractivity contribution in [3.63, 3.8) is 0 Å². The second kappa shape index (κ2) is 9.93. The van der Waals surface area contributed by atoms with Gasteiger partial charge in [-0.05, 0) is 47.9 Å². The first-order valence-electron chi connectivity index (χ1n) is 8.32. The van der Waals surface area contributed by atoms with Crippen molar-refractivity contribution in [3.05, 3.63) is 97.0 Å². The van der Waals surface area contributed by atoms with Crippen LogP contribution in [0.1, 0.15) is 16.7 Å². The molecule has 0 aliphatic heterocycles. The van der Waals surface area contributed by atoms with Crippen LogP contribution in [0.3, 0.4) is 0 Å². The predicted octanol–water partition coefficient (Wildman–Crippen LogP) is 4.93. The molecule has 1 atom stereocenters. The Labute approximate surface area is 182 Å². The first-order chi connectivity index (χ1) is 13.6. The monoisotopic (exact) mass is 457 g/mol. The SMILES string of the molecule is Cc1cc(Cl)ccc1C(O)(Cc1ccc(Cl)cc1Cl)Cn1ccnc1.O=[N+]([O-])O. The topological polar surface area (TPSA) is 101 Å². The van der Waals surface area contributed by atoms with E-state index in [4.69, 9.17) is 50.1 Å². The smallest absolute Gasteiger partial charge is 0.291 e. The van der Waals surface area contributed by atoms with Gasteiger partial charge in [0.05, 0.1) is 12.9 Å². The van der Waals surface area contributed by atoms with Crippen LogP contribution in [0, 0.1) is 17.0 Å². The average Bonchev–Trinajstić information content (AvgIpc) is 3.09. The van der Waals surface area contributed by atoms with E-state index in [1.807, 2.05) is 35.9 Å². The number of hydrogen-bond acceptors (Lipinski definition) is 4. The molecule has 10 heteroatoms. The number of aryl methyl sites for hydroxylation is 1. The van der Waals surface area contributed by atoms with E-state index in [2.05, 4.69) is 4.98 Å². The fourth-order valence-corrected chi connectivity index (χ4v) is 3.75. The van der Waals surface area contributed by atoms with Crippen molar-refractivity contribution in [2.45, 2.75) is 25.5 Å². The van der Waals surface area contributed by atoms with Crippen LogP contribution >= 0.6 is 34.8 Å². The molecule has 1 heterocycles. The molecule has 2 N–H and O–H groups in total. The van der Waals surface area contributed by atoms with Gasteiger partial charge in [0.25, 0.3) is 5.09 Å². The zero-order valence-electron chi connectivity index (χ0n) is 15.3. The summed E-state index contributed by atoms with van der Waals surface area (Å²) in [6.07, 6.45) is 5.52. The largest absolute Gasteiger partial charge is 0.383 e. The first-order valence-corrected chi connectivity index (χ1v) is 9.46. The number of nitrogens with zero attached hydrogens (tertiary/aromatic N) is 3. The minimum absolute atomic E-state index is 0.337. The van der Waals surface area contributed by atoms with Crippen molar-refractivity contribution >= 4 is 34.8 Å². The number of hydrogen-bond donors (Lipinski definition) is 2. The molecular formula is C19H18Cl3N3O4. The summed E-state index contributed by atoms with van der Waals surface area (Å²) < 4.78 is 1.85. The highest BCUT2D eigenvalue weighted by Gasteiger charge is 2.32. The van der Waals surface area contributed by atoms with E-state index in [9.17, 15) is 5.11 Å². The summed E-state index contributed by atoms with van der Waals surface area (Å²) in [5.74, 6) is 0. The molecule has 7 nitrogen and oxygen atoms in total. The Morgan fingerprint density at radius 2 is 1.79 bits per heavy atom. The molecule has 0 aliphatic rings. The molecule has 154 valence electrons. The number of aromatic nitrogens is 2. The fraction of sp³-hybridized carbons (Fsp3) is 0.211. The lowest BCUT2D eigenvalue weighted by Crippen LogP contribution is -2.34. The van der Waals surface area contributed by atoms with Gasteiger partial charge in [-0.15, -0.1) is 10.1 Å². The number of aliphatic hydroxyl groups is 1. The van der Waals surface area contributed by atoms with Crippen LogP contribution in [0.2, 0.25) is 15.1 Å². The third kappa shape index (κ3) is 6.61. The number of halogens is 3. The molecule has 0 amide bonds. The molecule has 0 fully saturated rings. The molecule has 3 rings (SSSR count). The quantitative estimate of drug-likeness (QED) is 0.417. The summed E-state index contributed by atoms with van der Waals surface area (Å²) in [5, 5.41) is 27.0. The molecule has 3 aromatic rings. The average molecular weight is 459 g/mol. The third-order valence-corrected chi connectivity index (χ3v) is 5.01.